The van der Waals surface area contributed by atoms with Gasteiger partial charge in [0.2, 0.25) is 0 Å². The molecular weight excluding hydrogens is 278 g/mol. The fourth-order valence-corrected chi connectivity index (χ4v) is 3.01. The SMILES string of the molecule is Cc1ccc2c(c1)CCCN2Cc1ccnc(C(N)=S)c1. The molecule has 2 heterocycles. The Bertz CT molecular complexity index is 681. The molecule has 0 spiro atoms. The summed E-state index contributed by atoms with van der Waals surface area (Å²) in [5.41, 5.74) is 11.7. The summed E-state index contributed by atoms with van der Waals surface area (Å²) in [7, 11) is 0. The highest BCUT2D eigenvalue weighted by molar-refractivity contribution is 7.80. The van der Waals surface area contributed by atoms with Crippen molar-refractivity contribution in [2.45, 2.75) is 26.3 Å². The first kappa shape index (κ1) is 14.0. The molecule has 0 fully saturated rings. The average Bonchev–Trinajstić information content (AvgIpc) is 2.47. The molecule has 21 heavy (non-hydrogen) atoms. The van der Waals surface area contributed by atoms with Crippen LogP contribution in [0, 0.1) is 6.92 Å². The molecule has 3 nitrogen and oxygen atoms in total. The lowest BCUT2D eigenvalue weighted by molar-refractivity contribution is 0.690. The molecule has 0 atom stereocenters. The third kappa shape index (κ3) is 3.05. The highest BCUT2D eigenvalue weighted by atomic mass is 32.1. The van der Waals surface area contributed by atoms with E-state index in [0.717, 1.165) is 13.1 Å². The van der Waals surface area contributed by atoms with Crippen LogP contribution in [0.25, 0.3) is 0 Å². The van der Waals surface area contributed by atoms with Crippen molar-refractivity contribution in [3.05, 3.63) is 58.9 Å². The number of hydrogen-bond acceptors (Lipinski definition) is 3. The van der Waals surface area contributed by atoms with Crippen LogP contribution in [0.3, 0.4) is 0 Å². The van der Waals surface area contributed by atoms with Gasteiger partial charge in [-0.15, -0.1) is 0 Å². The predicted octanol–water partition coefficient (Wildman–Crippen LogP) is 2.98. The van der Waals surface area contributed by atoms with Crippen LogP contribution in [0.15, 0.2) is 36.5 Å². The van der Waals surface area contributed by atoms with Crippen molar-refractivity contribution in [1.29, 1.82) is 0 Å². The van der Waals surface area contributed by atoms with Crippen molar-refractivity contribution in [1.82, 2.24) is 4.98 Å². The number of aromatic nitrogens is 1. The maximum atomic E-state index is 5.66. The number of hydrogen-bond donors (Lipinski definition) is 1. The third-order valence-corrected chi connectivity index (χ3v) is 4.11. The van der Waals surface area contributed by atoms with E-state index in [1.54, 1.807) is 6.20 Å². The second kappa shape index (κ2) is 5.82. The number of thiocarbonyl (C=S) groups is 1. The number of pyridine rings is 1. The van der Waals surface area contributed by atoms with Gasteiger partial charge in [-0.05, 0) is 49.1 Å². The summed E-state index contributed by atoms with van der Waals surface area (Å²) in [5.74, 6) is 0. The van der Waals surface area contributed by atoms with E-state index in [1.807, 2.05) is 12.1 Å². The predicted molar refractivity (Wildman–Crippen MR) is 90.7 cm³/mol. The Balaban J connectivity index is 1.86. The van der Waals surface area contributed by atoms with E-state index in [9.17, 15) is 0 Å². The van der Waals surface area contributed by atoms with Crippen LogP contribution in [0.4, 0.5) is 5.69 Å². The fourth-order valence-electron chi connectivity index (χ4n) is 2.90. The zero-order valence-electron chi connectivity index (χ0n) is 12.2. The van der Waals surface area contributed by atoms with Crippen LogP contribution in [-0.4, -0.2) is 16.5 Å². The van der Waals surface area contributed by atoms with Gasteiger partial charge in [0.1, 0.15) is 4.99 Å². The molecule has 3 rings (SSSR count). The van der Waals surface area contributed by atoms with Gasteiger partial charge in [-0.2, -0.15) is 0 Å². The lowest BCUT2D eigenvalue weighted by Gasteiger charge is -2.31. The highest BCUT2D eigenvalue weighted by Gasteiger charge is 2.17. The van der Waals surface area contributed by atoms with Crippen molar-refractivity contribution < 1.29 is 0 Å². The Morgan fingerprint density at radius 3 is 3.00 bits per heavy atom. The molecule has 4 heteroatoms. The van der Waals surface area contributed by atoms with Gasteiger partial charge in [-0.3, -0.25) is 4.98 Å². The van der Waals surface area contributed by atoms with Crippen molar-refractivity contribution in [2.24, 2.45) is 5.73 Å². The molecule has 0 bridgehead atoms. The van der Waals surface area contributed by atoms with E-state index in [1.165, 1.54) is 35.2 Å². The first-order chi connectivity index (χ1) is 10.1. The summed E-state index contributed by atoms with van der Waals surface area (Å²) in [5, 5.41) is 0. The van der Waals surface area contributed by atoms with E-state index in [4.69, 9.17) is 18.0 Å². The van der Waals surface area contributed by atoms with Gasteiger partial charge < -0.3 is 10.6 Å². The molecule has 0 radical (unpaired) electrons. The molecule has 0 aliphatic carbocycles. The number of anilines is 1. The van der Waals surface area contributed by atoms with Crippen LogP contribution in [0.5, 0.6) is 0 Å². The minimum atomic E-state index is 0.353. The van der Waals surface area contributed by atoms with Crippen molar-refractivity contribution in [3.63, 3.8) is 0 Å². The Morgan fingerprint density at radius 1 is 1.33 bits per heavy atom. The number of nitrogens with two attached hydrogens (primary N) is 1. The first-order valence-electron chi connectivity index (χ1n) is 7.23. The Hall–Kier alpha value is -1.94. The van der Waals surface area contributed by atoms with Crippen LogP contribution < -0.4 is 10.6 Å². The Morgan fingerprint density at radius 2 is 2.19 bits per heavy atom. The van der Waals surface area contributed by atoms with E-state index >= 15 is 0 Å². The molecule has 0 unspecified atom stereocenters. The van der Waals surface area contributed by atoms with Crippen LogP contribution in [0.1, 0.15) is 28.8 Å². The van der Waals surface area contributed by atoms with Gasteiger partial charge in [-0.25, -0.2) is 0 Å². The highest BCUT2D eigenvalue weighted by Crippen LogP contribution is 2.29. The summed E-state index contributed by atoms with van der Waals surface area (Å²) < 4.78 is 0. The van der Waals surface area contributed by atoms with Gasteiger partial charge in [0.15, 0.2) is 0 Å². The smallest absolute Gasteiger partial charge is 0.122 e. The molecule has 2 N–H and O–H groups in total. The van der Waals surface area contributed by atoms with Crippen molar-refractivity contribution >= 4 is 22.9 Å². The van der Waals surface area contributed by atoms with Crippen molar-refractivity contribution in [3.8, 4) is 0 Å². The Kier molecular flexibility index (Phi) is 3.88. The summed E-state index contributed by atoms with van der Waals surface area (Å²) in [6.45, 7) is 4.10. The normalized spacial score (nSPS) is 13.9. The monoisotopic (exact) mass is 297 g/mol. The lowest BCUT2D eigenvalue weighted by atomic mass is 9.99. The van der Waals surface area contributed by atoms with Crippen LogP contribution >= 0.6 is 12.2 Å². The van der Waals surface area contributed by atoms with Gasteiger partial charge in [0.25, 0.3) is 0 Å². The largest absolute Gasteiger partial charge is 0.388 e. The zero-order valence-corrected chi connectivity index (χ0v) is 13.0. The van der Waals surface area contributed by atoms with Gasteiger partial charge in [0, 0.05) is 25.0 Å². The molecule has 1 aromatic carbocycles. The summed E-state index contributed by atoms with van der Waals surface area (Å²) in [6.07, 6.45) is 4.15. The second-order valence-electron chi connectivity index (χ2n) is 5.57. The summed E-state index contributed by atoms with van der Waals surface area (Å²) in [4.78, 5) is 6.98. The fraction of sp³-hybridized carbons (Fsp3) is 0.294. The third-order valence-electron chi connectivity index (χ3n) is 3.90. The van der Waals surface area contributed by atoms with E-state index in [2.05, 4.69) is 35.0 Å². The second-order valence-corrected chi connectivity index (χ2v) is 6.01. The molecule has 0 amide bonds. The van der Waals surface area contributed by atoms with Crippen molar-refractivity contribution in [2.75, 3.05) is 11.4 Å². The molecule has 0 saturated heterocycles. The summed E-state index contributed by atoms with van der Waals surface area (Å²) >= 11 is 5.01. The number of fused-ring (bicyclic) bond motifs is 1. The van der Waals surface area contributed by atoms with E-state index in [-0.39, 0.29) is 0 Å². The molecule has 0 saturated carbocycles. The maximum Gasteiger partial charge on any atom is 0.122 e. The Labute approximate surface area is 130 Å². The van der Waals surface area contributed by atoms with Crippen LogP contribution in [0.2, 0.25) is 0 Å². The van der Waals surface area contributed by atoms with E-state index < -0.39 is 0 Å². The number of aryl methyl sites for hydroxylation is 2. The zero-order chi connectivity index (χ0) is 14.8. The van der Waals surface area contributed by atoms with Gasteiger partial charge in [-0.1, -0.05) is 29.9 Å². The molecule has 1 aromatic heterocycles. The van der Waals surface area contributed by atoms with Gasteiger partial charge in [0.05, 0.1) is 5.69 Å². The molecule has 1 aliphatic heterocycles. The number of nitrogens with zero attached hydrogens (tertiary/aromatic N) is 2. The number of benzene rings is 1. The average molecular weight is 297 g/mol. The number of rotatable bonds is 3. The minimum Gasteiger partial charge on any atom is -0.388 e. The standard InChI is InChI=1S/C17H19N3S/c1-12-4-5-16-14(9-12)3-2-8-20(16)11-13-6-7-19-15(10-13)17(18)21/h4-7,9-10H,2-3,8,11H2,1H3,(H2,18,21). The van der Waals surface area contributed by atoms with Gasteiger partial charge >= 0.3 is 0 Å². The van der Waals surface area contributed by atoms with Crippen LogP contribution in [-0.2, 0) is 13.0 Å². The summed E-state index contributed by atoms with van der Waals surface area (Å²) in [6, 6.07) is 10.7. The molecule has 108 valence electrons. The maximum absolute atomic E-state index is 5.66. The lowest BCUT2D eigenvalue weighted by Crippen LogP contribution is -2.29. The molecular formula is C17H19N3S. The quantitative estimate of drug-likeness (QED) is 0.885. The molecule has 2 aromatic rings. The minimum absolute atomic E-state index is 0.353. The first-order valence-corrected chi connectivity index (χ1v) is 7.63. The topological polar surface area (TPSA) is 42.2 Å². The van der Waals surface area contributed by atoms with E-state index in [0.29, 0.717) is 10.7 Å². The molecule has 1 aliphatic rings.